The van der Waals surface area contributed by atoms with E-state index in [1.165, 1.54) is 24.8 Å². The fourth-order valence-electron chi connectivity index (χ4n) is 4.32. The quantitative estimate of drug-likeness (QED) is 0.844. The summed E-state index contributed by atoms with van der Waals surface area (Å²) >= 11 is 0. The lowest BCUT2D eigenvalue weighted by molar-refractivity contribution is 0.0975. The molecule has 1 aromatic carbocycles. The van der Waals surface area contributed by atoms with Crippen LogP contribution in [0.5, 0.6) is 0 Å². The SMILES string of the molecule is CCC1CCCCN1c1ccc(C(=O)N2c3ccccc3CC2C)nn1. The molecule has 0 aliphatic carbocycles. The van der Waals surface area contributed by atoms with E-state index in [0.29, 0.717) is 11.7 Å². The van der Waals surface area contributed by atoms with Crippen LogP contribution in [0.3, 0.4) is 0 Å². The van der Waals surface area contributed by atoms with Crippen molar-refractivity contribution in [3.05, 3.63) is 47.7 Å². The number of carbonyl (C=O) groups excluding carboxylic acids is 1. The molecule has 136 valence electrons. The Hall–Kier alpha value is -2.43. The Bertz CT molecular complexity index is 789. The van der Waals surface area contributed by atoms with Gasteiger partial charge in [0.05, 0.1) is 0 Å². The molecule has 0 bridgehead atoms. The minimum absolute atomic E-state index is 0.0628. The van der Waals surface area contributed by atoms with Crippen LogP contribution < -0.4 is 9.80 Å². The average Bonchev–Trinajstić information content (AvgIpc) is 3.03. The van der Waals surface area contributed by atoms with Gasteiger partial charge in [-0.2, -0.15) is 0 Å². The molecule has 2 unspecified atom stereocenters. The van der Waals surface area contributed by atoms with Gasteiger partial charge < -0.3 is 9.80 Å². The lowest BCUT2D eigenvalue weighted by atomic mass is 10.0. The first kappa shape index (κ1) is 17.0. The van der Waals surface area contributed by atoms with Crippen molar-refractivity contribution in [2.24, 2.45) is 0 Å². The number of hydrogen-bond acceptors (Lipinski definition) is 4. The van der Waals surface area contributed by atoms with Gasteiger partial charge in [-0.1, -0.05) is 25.1 Å². The van der Waals surface area contributed by atoms with Crippen molar-refractivity contribution in [2.45, 2.75) is 58.0 Å². The Labute approximate surface area is 155 Å². The average molecular weight is 350 g/mol. The summed E-state index contributed by atoms with van der Waals surface area (Å²) in [6.07, 6.45) is 5.69. The van der Waals surface area contributed by atoms with E-state index < -0.39 is 0 Å². The second kappa shape index (κ2) is 7.06. The Balaban J connectivity index is 1.56. The number of aromatic nitrogens is 2. The molecular formula is C21H26N4O. The van der Waals surface area contributed by atoms with Crippen molar-refractivity contribution >= 4 is 17.4 Å². The van der Waals surface area contributed by atoms with E-state index >= 15 is 0 Å². The fraction of sp³-hybridized carbons (Fsp3) is 0.476. The van der Waals surface area contributed by atoms with Gasteiger partial charge in [0.15, 0.2) is 11.5 Å². The number of carbonyl (C=O) groups is 1. The normalized spacial score (nSPS) is 22.4. The number of piperidine rings is 1. The minimum Gasteiger partial charge on any atom is -0.352 e. The number of nitrogens with zero attached hydrogens (tertiary/aromatic N) is 4. The zero-order chi connectivity index (χ0) is 18.1. The lowest BCUT2D eigenvalue weighted by Crippen LogP contribution is -2.40. The zero-order valence-electron chi connectivity index (χ0n) is 15.6. The number of anilines is 2. The van der Waals surface area contributed by atoms with Crippen molar-refractivity contribution in [1.82, 2.24) is 10.2 Å². The van der Waals surface area contributed by atoms with Crippen LogP contribution in [-0.4, -0.2) is 34.7 Å². The number of fused-ring (bicyclic) bond motifs is 1. The van der Waals surface area contributed by atoms with Gasteiger partial charge >= 0.3 is 0 Å². The maximum atomic E-state index is 13.0. The molecule has 5 heteroatoms. The first-order chi connectivity index (χ1) is 12.7. The van der Waals surface area contributed by atoms with Crippen LogP contribution in [0.15, 0.2) is 36.4 Å². The van der Waals surface area contributed by atoms with Crippen molar-refractivity contribution in [3.8, 4) is 0 Å². The second-order valence-electron chi connectivity index (χ2n) is 7.39. The highest BCUT2D eigenvalue weighted by Gasteiger charge is 2.32. The molecule has 3 heterocycles. The predicted octanol–water partition coefficient (Wildman–Crippen LogP) is 3.84. The maximum Gasteiger partial charge on any atom is 0.279 e. The summed E-state index contributed by atoms with van der Waals surface area (Å²) in [5, 5.41) is 8.69. The standard InChI is InChI=1S/C21H26N4O/c1-3-17-9-6-7-13-24(17)20-12-11-18(22-23-20)21(26)25-15(2)14-16-8-4-5-10-19(16)25/h4-5,8,10-12,15,17H,3,6-7,9,13-14H2,1-2H3. The third-order valence-corrected chi connectivity index (χ3v) is 5.69. The molecule has 2 aliphatic heterocycles. The smallest absolute Gasteiger partial charge is 0.279 e. The number of rotatable bonds is 3. The van der Waals surface area contributed by atoms with Crippen LogP contribution in [0.1, 0.15) is 55.6 Å². The van der Waals surface area contributed by atoms with E-state index in [1.54, 1.807) is 0 Å². The van der Waals surface area contributed by atoms with E-state index in [-0.39, 0.29) is 11.9 Å². The highest BCUT2D eigenvalue weighted by molar-refractivity contribution is 6.06. The van der Waals surface area contributed by atoms with E-state index in [9.17, 15) is 4.79 Å². The van der Waals surface area contributed by atoms with Crippen LogP contribution in [0.25, 0.3) is 0 Å². The molecule has 1 amide bonds. The summed E-state index contributed by atoms with van der Waals surface area (Å²) in [6.45, 7) is 5.33. The Morgan fingerprint density at radius 1 is 1.15 bits per heavy atom. The van der Waals surface area contributed by atoms with Gasteiger partial charge in [-0.15, -0.1) is 10.2 Å². The van der Waals surface area contributed by atoms with Gasteiger partial charge in [-0.3, -0.25) is 4.79 Å². The van der Waals surface area contributed by atoms with E-state index in [1.807, 2.05) is 35.2 Å². The second-order valence-corrected chi connectivity index (χ2v) is 7.39. The van der Waals surface area contributed by atoms with E-state index in [4.69, 9.17) is 0 Å². The number of para-hydroxylation sites is 1. The van der Waals surface area contributed by atoms with E-state index in [0.717, 1.165) is 30.9 Å². The van der Waals surface area contributed by atoms with Gasteiger partial charge in [0.25, 0.3) is 5.91 Å². The summed E-state index contributed by atoms with van der Waals surface area (Å²) in [5.41, 5.74) is 2.64. The van der Waals surface area contributed by atoms with Gasteiger partial charge in [-0.25, -0.2) is 0 Å². The largest absolute Gasteiger partial charge is 0.352 e. The first-order valence-electron chi connectivity index (χ1n) is 9.71. The number of hydrogen-bond donors (Lipinski definition) is 0. The van der Waals surface area contributed by atoms with Crippen LogP contribution in [0.4, 0.5) is 11.5 Å². The van der Waals surface area contributed by atoms with Gasteiger partial charge in [-0.05, 0) is 62.8 Å². The van der Waals surface area contributed by atoms with Crippen molar-refractivity contribution < 1.29 is 4.79 Å². The molecule has 1 fully saturated rings. The summed E-state index contributed by atoms with van der Waals surface area (Å²) in [4.78, 5) is 17.2. The zero-order valence-corrected chi connectivity index (χ0v) is 15.6. The van der Waals surface area contributed by atoms with Crippen molar-refractivity contribution in [1.29, 1.82) is 0 Å². The molecule has 2 aliphatic rings. The molecule has 1 aromatic heterocycles. The van der Waals surface area contributed by atoms with Crippen LogP contribution in [-0.2, 0) is 6.42 Å². The maximum absolute atomic E-state index is 13.0. The predicted molar refractivity (Wildman–Crippen MR) is 104 cm³/mol. The molecule has 0 spiro atoms. The molecule has 26 heavy (non-hydrogen) atoms. The molecule has 0 saturated carbocycles. The van der Waals surface area contributed by atoms with Gasteiger partial charge in [0.1, 0.15) is 0 Å². The number of benzene rings is 1. The Kier molecular flexibility index (Phi) is 4.62. The third-order valence-electron chi connectivity index (χ3n) is 5.69. The fourth-order valence-corrected chi connectivity index (χ4v) is 4.32. The summed E-state index contributed by atoms with van der Waals surface area (Å²) in [6, 6.07) is 12.6. The first-order valence-corrected chi connectivity index (χ1v) is 9.71. The highest BCUT2D eigenvalue weighted by atomic mass is 16.2. The molecule has 1 saturated heterocycles. The Morgan fingerprint density at radius 3 is 2.77 bits per heavy atom. The van der Waals surface area contributed by atoms with Crippen molar-refractivity contribution in [3.63, 3.8) is 0 Å². The third kappa shape index (κ3) is 2.96. The topological polar surface area (TPSA) is 49.3 Å². The lowest BCUT2D eigenvalue weighted by Gasteiger charge is -2.35. The summed E-state index contributed by atoms with van der Waals surface area (Å²) in [7, 11) is 0. The van der Waals surface area contributed by atoms with Crippen LogP contribution in [0.2, 0.25) is 0 Å². The van der Waals surface area contributed by atoms with E-state index in [2.05, 4.69) is 35.0 Å². The molecule has 4 rings (SSSR count). The van der Waals surface area contributed by atoms with Gasteiger partial charge in [0.2, 0.25) is 0 Å². The van der Waals surface area contributed by atoms with Crippen LogP contribution >= 0.6 is 0 Å². The summed E-state index contributed by atoms with van der Waals surface area (Å²) < 4.78 is 0. The molecule has 2 atom stereocenters. The Morgan fingerprint density at radius 2 is 2.00 bits per heavy atom. The molecule has 2 aromatic rings. The van der Waals surface area contributed by atoms with Crippen LogP contribution in [0, 0.1) is 0 Å². The van der Waals surface area contributed by atoms with Crippen molar-refractivity contribution in [2.75, 3.05) is 16.3 Å². The van der Waals surface area contributed by atoms with Gasteiger partial charge in [0, 0.05) is 24.3 Å². The summed E-state index contributed by atoms with van der Waals surface area (Å²) in [5.74, 6) is 0.829. The molecule has 0 N–H and O–H groups in total. The minimum atomic E-state index is -0.0628. The monoisotopic (exact) mass is 350 g/mol. The number of amides is 1. The molecular weight excluding hydrogens is 324 g/mol. The molecule has 5 nitrogen and oxygen atoms in total. The highest BCUT2D eigenvalue weighted by Crippen LogP contribution is 2.33. The molecule has 0 radical (unpaired) electrons.